The minimum atomic E-state index is -0.0877. The van der Waals surface area contributed by atoms with Crippen LogP contribution in [0.25, 0.3) is 0 Å². The Hall–Kier alpha value is -0.300. The molecule has 0 radical (unpaired) electrons. The summed E-state index contributed by atoms with van der Waals surface area (Å²) in [6.07, 6.45) is 5.71. The third kappa shape index (κ3) is 1.43. The van der Waals surface area contributed by atoms with Crippen molar-refractivity contribution < 1.29 is 5.11 Å². The van der Waals surface area contributed by atoms with Crippen molar-refractivity contribution in [3.63, 3.8) is 0 Å². The van der Waals surface area contributed by atoms with Crippen LogP contribution in [0.4, 0.5) is 0 Å². The Morgan fingerprint density at radius 2 is 2.15 bits per heavy atom. The quantitative estimate of drug-likeness (QED) is 0.568. The highest BCUT2D eigenvalue weighted by Gasteiger charge is 2.47. The third-order valence-corrected chi connectivity index (χ3v) is 3.97. The lowest BCUT2D eigenvalue weighted by Crippen LogP contribution is -2.25. The lowest BCUT2D eigenvalue weighted by atomic mass is 9.72. The van der Waals surface area contributed by atoms with Crippen molar-refractivity contribution >= 4 is 0 Å². The number of fused-ring (bicyclic) bond motifs is 1. The fourth-order valence-electron chi connectivity index (χ4n) is 3.22. The van der Waals surface area contributed by atoms with Crippen molar-refractivity contribution in [2.24, 2.45) is 17.3 Å². The molecular formula is C12H20O. The van der Waals surface area contributed by atoms with Crippen LogP contribution in [0.15, 0.2) is 11.6 Å². The van der Waals surface area contributed by atoms with E-state index in [1.165, 1.54) is 18.4 Å². The van der Waals surface area contributed by atoms with Gasteiger partial charge in [-0.2, -0.15) is 0 Å². The van der Waals surface area contributed by atoms with Gasteiger partial charge in [-0.15, -0.1) is 0 Å². The fourth-order valence-corrected chi connectivity index (χ4v) is 3.22. The van der Waals surface area contributed by atoms with Crippen LogP contribution in [0.5, 0.6) is 0 Å². The largest absolute Gasteiger partial charge is 0.392 e. The first-order chi connectivity index (χ1) is 6.00. The van der Waals surface area contributed by atoms with Gasteiger partial charge in [-0.25, -0.2) is 0 Å². The van der Waals surface area contributed by atoms with Crippen LogP contribution < -0.4 is 0 Å². The standard InChI is InChI=1S/C12H20O/c1-8-4-5-10-9(6-8)11(13)7-12(10,2)3/h6,9-11,13H,4-5,7H2,1-3H3/t9-,10+,11-/m1/s1. The van der Waals surface area contributed by atoms with E-state index < -0.39 is 0 Å². The van der Waals surface area contributed by atoms with Gasteiger partial charge in [0.1, 0.15) is 0 Å². The summed E-state index contributed by atoms with van der Waals surface area (Å²) in [7, 11) is 0. The van der Waals surface area contributed by atoms with E-state index in [-0.39, 0.29) is 6.10 Å². The van der Waals surface area contributed by atoms with Crippen molar-refractivity contribution in [3.05, 3.63) is 11.6 Å². The molecule has 1 heteroatoms. The second kappa shape index (κ2) is 2.84. The van der Waals surface area contributed by atoms with E-state index in [1.54, 1.807) is 0 Å². The molecule has 0 aromatic rings. The van der Waals surface area contributed by atoms with Gasteiger partial charge in [-0.1, -0.05) is 25.5 Å². The van der Waals surface area contributed by atoms with E-state index in [0.29, 0.717) is 17.3 Å². The van der Waals surface area contributed by atoms with Crippen LogP contribution in [0.3, 0.4) is 0 Å². The van der Waals surface area contributed by atoms with Gasteiger partial charge < -0.3 is 5.11 Å². The molecule has 0 heterocycles. The number of hydrogen-bond acceptors (Lipinski definition) is 1. The molecule has 2 rings (SSSR count). The van der Waals surface area contributed by atoms with Gasteiger partial charge in [-0.3, -0.25) is 0 Å². The highest BCUT2D eigenvalue weighted by atomic mass is 16.3. The Morgan fingerprint density at radius 3 is 2.85 bits per heavy atom. The molecule has 0 amide bonds. The predicted octanol–water partition coefficient (Wildman–Crippen LogP) is 2.75. The minimum Gasteiger partial charge on any atom is -0.392 e. The van der Waals surface area contributed by atoms with Gasteiger partial charge in [-0.05, 0) is 37.5 Å². The summed E-state index contributed by atoms with van der Waals surface area (Å²) in [4.78, 5) is 0. The second-order valence-corrected chi connectivity index (χ2v) is 5.50. The summed E-state index contributed by atoms with van der Waals surface area (Å²) in [6, 6.07) is 0. The molecule has 2 aliphatic rings. The molecule has 0 saturated heterocycles. The molecule has 1 saturated carbocycles. The Bertz CT molecular complexity index is 240. The summed E-state index contributed by atoms with van der Waals surface area (Å²) < 4.78 is 0. The Labute approximate surface area is 80.8 Å². The van der Waals surface area contributed by atoms with Crippen LogP contribution in [-0.2, 0) is 0 Å². The molecule has 0 aromatic carbocycles. The molecular weight excluding hydrogens is 160 g/mol. The molecule has 0 aliphatic heterocycles. The first kappa shape index (κ1) is 9.26. The van der Waals surface area contributed by atoms with Crippen LogP contribution >= 0.6 is 0 Å². The summed E-state index contributed by atoms with van der Waals surface area (Å²) in [5.41, 5.74) is 1.82. The number of rotatable bonds is 0. The van der Waals surface area contributed by atoms with Crippen molar-refractivity contribution in [1.29, 1.82) is 0 Å². The molecule has 0 spiro atoms. The van der Waals surface area contributed by atoms with Gasteiger partial charge in [0.15, 0.2) is 0 Å². The fraction of sp³-hybridized carbons (Fsp3) is 0.833. The molecule has 0 bridgehead atoms. The zero-order valence-corrected chi connectivity index (χ0v) is 8.88. The summed E-state index contributed by atoms with van der Waals surface area (Å²) in [5.74, 6) is 1.16. The Balaban J connectivity index is 2.27. The molecule has 0 aromatic heterocycles. The van der Waals surface area contributed by atoms with E-state index in [1.807, 2.05) is 0 Å². The number of allylic oxidation sites excluding steroid dienone is 1. The summed E-state index contributed by atoms with van der Waals surface area (Å²) >= 11 is 0. The zero-order valence-electron chi connectivity index (χ0n) is 8.88. The zero-order chi connectivity index (χ0) is 9.64. The highest BCUT2D eigenvalue weighted by molar-refractivity contribution is 5.14. The van der Waals surface area contributed by atoms with E-state index in [2.05, 4.69) is 26.8 Å². The van der Waals surface area contributed by atoms with E-state index in [4.69, 9.17) is 0 Å². The van der Waals surface area contributed by atoms with Gasteiger partial charge in [0.05, 0.1) is 6.10 Å². The maximum atomic E-state index is 9.93. The molecule has 2 aliphatic carbocycles. The van der Waals surface area contributed by atoms with Crippen molar-refractivity contribution in [2.75, 3.05) is 0 Å². The maximum absolute atomic E-state index is 9.93. The third-order valence-electron chi connectivity index (χ3n) is 3.97. The minimum absolute atomic E-state index is 0.0877. The Morgan fingerprint density at radius 1 is 1.46 bits per heavy atom. The van der Waals surface area contributed by atoms with Crippen molar-refractivity contribution in [2.45, 2.75) is 46.1 Å². The molecule has 0 unspecified atom stereocenters. The number of aliphatic hydroxyl groups is 1. The van der Waals surface area contributed by atoms with Crippen LogP contribution in [-0.4, -0.2) is 11.2 Å². The van der Waals surface area contributed by atoms with E-state index >= 15 is 0 Å². The Kier molecular flexibility index (Phi) is 2.03. The molecule has 13 heavy (non-hydrogen) atoms. The maximum Gasteiger partial charge on any atom is 0.0610 e. The first-order valence-electron chi connectivity index (χ1n) is 5.36. The van der Waals surface area contributed by atoms with Crippen molar-refractivity contribution in [3.8, 4) is 0 Å². The van der Waals surface area contributed by atoms with Crippen LogP contribution in [0.1, 0.15) is 40.0 Å². The second-order valence-electron chi connectivity index (χ2n) is 5.50. The molecule has 1 N–H and O–H groups in total. The monoisotopic (exact) mass is 180 g/mol. The average Bonchev–Trinajstić information content (AvgIpc) is 2.22. The highest BCUT2D eigenvalue weighted by Crippen LogP contribution is 2.51. The topological polar surface area (TPSA) is 20.2 Å². The average molecular weight is 180 g/mol. The SMILES string of the molecule is CC1=C[C@H]2[C@H](O)CC(C)(C)[C@H]2CC1. The van der Waals surface area contributed by atoms with Gasteiger partial charge in [0.25, 0.3) is 0 Å². The van der Waals surface area contributed by atoms with Crippen molar-refractivity contribution in [1.82, 2.24) is 0 Å². The smallest absolute Gasteiger partial charge is 0.0610 e. The van der Waals surface area contributed by atoms with Gasteiger partial charge in [0.2, 0.25) is 0 Å². The van der Waals surface area contributed by atoms with Crippen LogP contribution in [0.2, 0.25) is 0 Å². The predicted molar refractivity (Wildman–Crippen MR) is 54.4 cm³/mol. The molecule has 3 atom stereocenters. The lowest BCUT2D eigenvalue weighted by molar-refractivity contribution is 0.137. The van der Waals surface area contributed by atoms with Gasteiger partial charge >= 0.3 is 0 Å². The van der Waals surface area contributed by atoms with Crippen LogP contribution in [0, 0.1) is 17.3 Å². The summed E-state index contributed by atoms with van der Waals surface area (Å²) in [5, 5.41) is 9.93. The summed E-state index contributed by atoms with van der Waals surface area (Å²) in [6.45, 7) is 6.79. The number of hydrogen-bond donors (Lipinski definition) is 1. The molecule has 1 nitrogen and oxygen atoms in total. The molecule has 1 fully saturated rings. The molecule has 74 valence electrons. The van der Waals surface area contributed by atoms with E-state index in [0.717, 1.165) is 6.42 Å². The lowest BCUT2D eigenvalue weighted by Gasteiger charge is -2.32. The number of aliphatic hydroxyl groups excluding tert-OH is 1. The first-order valence-corrected chi connectivity index (χ1v) is 5.36. The normalized spacial score (nSPS) is 42.8. The van der Waals surface area contributed by atoms with Gasteiger partial charge in [0, 0.05) is 5.92 Å². The van der Waals surface area contributed by atoms with E-state index in [9.17, 15) is 5.11 Å².